The number of halogens is 1. The maximum atomic E-state index is 13.6. The van der Waals surface area contributed by atoms with E-state index in [0.717, 1.165) is 12.8 Å². The molecule has 19 heavy (non-hydrogen) atoms. The largest absolute Gasteiger partial charge is 0.338 e. The van der Waals surface area contributed by atoms with Gasteiger partial charge in [0.1, 0.15) is 5.82 Å². The van der Waals surface area contributed by atoms with Crippen LogP contribution < -0.4 is 5.73 Å². The number of rotatable bonds is 7. The third kappa shape index (κ3) is 4.31. The van der Waals surface area contributed by atoms with E-state index in [-0.39, 0.29) is 24.2 Å². The zero-order valence-electron chi connectivity index (χ0n) is 11.7. The summed E-state index contributed by atoms with van der Waals surface area (Å²) in [6, 6.07) is 6.59. The van der Waals surface area contributed by atoms with Crippen LogP contribution in [-0.4, -0.2) is 29.9 Å². The first-order valence-electron chi connectivity index (χ1n) is 6.86. The third-order valence-electron chi connectivity index (χ3n) is 3.37. The predicted octanol–water partition coefficient (Wildman–Crippen LogP) is 2.34. The van der Waals surface area contributed by atoms with Crippen LogP contribution in [0.15, 0.2) is 24.3 Å². The molecule has 0 aliphatic rings. The molecule has 0 aliphatic carbocycles. The molecule has 0 atom stereocenters. The maximum absolute atomic E-state index is 13.6. The Bertz CT molecular complexity index is 405. The normalized spacial score (nSPS) is 10.8. The first kappa shape index (κ1) is 15.6. The number of hydrogen-bond acceptors (Lipinski definition) is 2. The van der Waals surface area contributed by atoms with Gasteiger partial charge in [0.05, 0.1) is 6.42 Å². The minimum absolute atomic E-state index is 0.0516. The summed E-state index contributed by atoms with van der Waals surface area (Å²) in [5, 5.41) is 0. The van der Waals surface area contributed by atoms with Crippen molar-refractivity contribution in [3.05, 3.63) is 35.6 Å². The van der Waals surface area contributed by atoms with Crippen LogP contribution in [0.1, 0.15) is 32.3 Å². The number of nitrogens with zero attached hydrogens (tertiary/aromatic N) is 1. The summed E-state index contributed by atoms with van der Waals surface area (Å²) >= 11 is 0. The van der Waals surface area contributed by atoms with Crippen molar-refractivity contribution in [1.29, 1.82) is 0 Å². The van der Waals surface area contributed by atoms with Crippen LogP contribution in [0.3, 0.4) is 0 Å². The monoisotopic (exact) mass is 266 g/mol. The summed E-state index contributed by atoms with van der Waals surface area (Å²) in [6.45, 7) is 5.06. The highest BCUT2D eigenvalue weighted by molar-refractivity contribution is 5.79. The predicted molar refractivity (Wildman–Crippen MR) is 75.2 cm³/mol. The fourth-order valence-electron chi connectivity index (χ4n) is 2.29. The molecule has 0 bridgehead atoms. The van der Waals surface area contributed by atoms with E-state index in [2.05, 4.69) is 0 Å². The molecule has 0 aromatic heterocycles. The van der Waals surface area contributed by atoms with Gasteiger partial charge in [0.25, 0.3) is 0 Å². The molecule has 0 spiro atoms. The van der Waals surface area contributed by atoms with E-state index in [1.165, 1.54) is 6.07 Å². The molecule has 106 valence electrons. The van der Waals surface area contributed by atoms with E-state index in [1.807, 2.05) is 13.8 Å². The molecule has 0 radical (unpaired) electrons. The molecule has 4 heteroatoms. The Morgan fingerprint density at radius 2 is 1.95 bits per heavy atom. The van der Waals surface area contributed by atoms with Crippen LogP contribution in [0.5, 0.6) is 0 Å². The molecule has 0 unspecified atom stereocenters. The van der Waals surface area contributed by atoms with E-state index < -0.39 is 0 Å². The Kier molecular flexibility index (Phi) is 6.50. The van der Waals surface area contributed by atoms with Crippen LogP contribution in [0.4, 0.5) is 4.39 Å². The molecular formula is C15H23FN2O. The number of hydrogen-bond donors (Lipinski definition) is 1. The third-order valence-corrected chi connectivity index (χ3v) is 3.37. The van der Waals surface area contributed by atoms with Gasteiger partial charge in [-0.05, 0) is 24.5 Å². The lowest BCUT2D eigenvalue weighted by atomic mass is 10.1. The fraction of sp³-hybridized carbons (Fsp3) is 0.533. The Balaban J connectivity index is 2.80. The molecule has 1 amide bonds. The highest BCUT2D eigenvalue weighted by atomic mass is 19.1. The number of benzene rings is 1. The Morgan fingerprint density at radius 1 is 1.32 bits per heavy atom. The molecule has 1 aromatic rings. The van der Waals surface area contributed by atoms with Gasteiger partial charge in [-0.25, -0.2) is 4.39 Å². The molecule has 0 heterocycles. The molecule has 1 rings (SSSR count). The second-order valence-corrected chi connectivity index (χ2v) is 4.61. The van der Waals surface area contributed by atoms with Crippen molar-refractivity contribution >= 4 is 5.91 Å². The smallest absolute Gasteiger partial charge is 0.227 e. The second kappa shape index (κ2) is 7.89. The molecule has 1 aromatic carbocycles. The quantitative estimate of drug-likeness (QED) is 0.823. The van der Waals surface area contributed by atoms with Crippen molar-refractivity contribution < 1.29 is 9.18 Å². The summed E-state index contributed by atoms with van der Waals surface area (Å²) in [6.07, 6.45) is 1.88. The summed E-state index contributed by atoms with van der Waals surface area (Å²) in [5.74, 6) is -0.377. The first-order valence-corrected chi connectivity index (χ1v) is 6.86. The topological polar surface area (TPSA) is 46.3 Å². The standard InChI is InChI=1S/C15H23FN2O/c1-3-13(4-2)18(10-9-17)15(19)11-12-7-5-6-8-14(12)16/h5-8,13H,3-4,9-11,17H2,1-2H3. The molecule has 3 nitrogen and oxygen atoms in total. The number of carbonyl (C=O) groups excluding carboxylic acids is 1. The molecule has 0 aliphatic heterocycles. The van der Waals surface area contributed by atoms with E-state index >= 15 is 0 Å². The number of nitrogens with two attached hydrogens (primary N) is 1. The summed E-state index contributed by atoms with van der Waals surface area (Å²) in [5.41, 5.74) is 6.01. The van der Waals surface area contributed by atoms with Gasteiger partial charge in [0.2, 0.25) is 5.91 Å². The average molecular weight is 266 g/mol. The van der Waals surface area contributed by atoms with Gasteiger partial charge in [-0.3, -0.25) is 4.79 Å². The van der Waals surface area contributed by atoms with Gasteiger partial charge >= 0.3 is 0 Å². The van der Waals surface area contributed by atoms with Crippen LogP contribution >= 0.6 is 0 Å². The van der Waals surface area contributed by atoms with Gasteiger partial charge in [0, 0.05) is 19.1 Å². The van der Waals surface area contributed by atoms with Gasteiger partial charge in [-0.2, -0.15) is 0 Å². The van der Waals surface area contributed by atoms with Gasteiger partial charge in [-0.15, -0.1) is 0 Å². The van der Waals surface area contributed by atoms with E-state index in [9.17, 15) is 9.18 Å². The Hall–Kier alpha value is -1.42. The second-order valence-electron chi connectivity index (χ2n) is 4.61. The van der Waals surface area contributed by atoms with Crippen molar-refractivity contribution in [2.75, 3.05) is 13.1 Å². The van der Waals surface area contributed by atoms with Crippen LogP contribution in [-0.2, 0) is 11.2 Å². The van der Waals surface area contributed by atoms with Crippen molar-refractivity contribution in [2.45, 2.75) is 39.2 Å². The molecule has 0 fully saturated rings. The Labute approximate surface area is 114 Å². The zero-order chi connectivity index (χ0) is 14.3. The van der Waals surface area contributed by atoms with Gasteiger partial charge in [0.15, 0.2) is 0 Å². The Morgan fingerprint density at radius 3 is 2.47 bits per heavy atom. The molecule has 0 saturated carbocycles. The first-order chi connectivity index (χ1) is 9.13. The fourth-order valence-corrected chi connectivity index (χ4v) is 2.29. The average Bonchev–Trinajstić information content (AvgIpc) is 2.41. The van der Waals surface area contributed by atoms with E-state index in [4.69, 9.17) is 5.73 Å². The zero-order valence-corrected chi connectivity index (χ0v) is 11.7. The lowest BCUT2D eigenvalue weighted by Crippen LogP contribution is -2.43. The van der Waals surface area contributed by atoms with Crippen molar-refractivity contribution in [3.8, 4) is 0 Å². The van der Waals surface area contributed by atoms with Crippen molar-refractivity contribution in [2.24, 2.45) is 5.73 Å². The highest BCUT2D eigenvalue weighted by Gasteiger charge is 2.21. The minimum Gasteiger partial charge on any atom is -0.338 e. The van der Waals surface area contributed by atoms with Crippen molar-refractivity contribution in [1.82, 2.24) is 4.90 Å². The lowest BCUT2D eigenvalue weighted by molar-refractivity contribution is -0.132. The van der Waals surface area contributed by atoms with Gasteiger partial charge in [-0.1, -0.05) is 32.0 Å². The molecule has 0 saturated heterocycles. The van der Waals surface area contributed by atoms with E-state index in [0.29, 0.717) is 18.7 Å². The summed E-state index contributed by atoms with van der Waals surface area (Å²) in [4.78, 5) is 14.1. The summed E-state index contributed by atoms with van der Waals surface area (Å²) < 4.78 is 13.6. The number of carbonyl (C=O) groups is 1. The molecular weight excluding hydrogens is 243 g/mol. The van der Waals surface area contributed by atoms with Crippen LogP contribution in [0.2, 0.25) is 0 Å². The van der Waals surface area contributed by atoms with Gasteiger partial charge < -0.3 is 10.6 Å². The van der Waals surface area contributed by atoms with E-state index in [1.54, 1.807) is 23.1 Å². The summed E-state index contributed by atoms with van der Waals surface area (Å²) in [7, 11) is 0. The molecule has 2 N–H and O–H groups in total. The van der Waals surface area contributed by atoms with Crippen LogP contribution in [0, 0.1) is 5.82 Å². The number of amides is 1. The van der Waals surface area contributed by atoms with Crippen LogP contribution in [0.25, 0.3) is 0 Å². The SMILES string of the molecule is CCC(CC)N(CCN)C(=O)Cc1ccccc1F. The maximum Gasteiger partial charge on any atom is 0.227 e. The minimum atomic E-state index is -0.326. The van der Waals surface area contributed by atoms with Crippen molar-refractivity contribution in [3.63, 3.8) is 0 Å². The lowest BCUT2D eigenvalue weighted by Gasteiger charge is -2.30. The highest BCUT2D eigenvalue weighted by Crippen LogP contribution is 2.13.